The van der Waals surface area contributed by atoms with Crippen LogP contribution >= 0.6 is 11.3 Å². The van der Waals surface area contributed by atoms with Gasteiger partial charge in [-0.2, -0.15) is 0 Å². The normalized spacial score (nSPS) is 15.4. The molecule has 1 saturated heterocycles. The average Bonchev–Trinajstić information content (AvgIpc) is 3.17. The number of hydrogen-bond acceptors (Lipinski definition) is 4. The van der Waals surface area contributed by atoms with Gasteiger partial charge in [-0.05, 0) is 61.7 Å². The Labute approximate surface area is 164 Å². The summed E-state index contributed by atoms with van der Waals surface area (Å²) in [4.78, 5) is 27.3. The van der Waals surface area contributed by atoms with Crippen molar-refractivity contribution in [2.75, 3.05) is 26.2 Å². The van der Waals surface area contributed by atoms with Crippen LogP contribution in [0.2, 0.25) is 0 Å². The Hall–Kier alpha value is -2.18. The second-order valence-corrected chi connectivity index (χ2v) is 8.07. The molecule has 0 atom stereocenters. The molecule has 1 aromatic carbocycles. The molecule has 2 N–H and O–H groups in total. The highest BCUT2D eigenvalue weighted by Crippen LogP contribution is 2.21. The summed E-state index contributed by atoms with van der Waals surface area (Å²) in [5.41, 5.74) is 1.38. The Morgan fingerprint density at radius 1 is 1.07 bits per heavy atom. The molecule has 1 aliphatic rings. The molecule has 0 bridgehead atoms. The van der Waals surface area contributed by atoms with Crippen molar-refractivity contribution < 1.29 is 9.59 Å². The van der Waals surface area contributed by atoms with Gasteiger partial charge in [-0.15, -0.1) is 11.3 Å². The fourth-order valence-electron chi connectivity index (χ4n) is 3.46. The van der Waals surface area contributed by atoms with Crippen molar-refractivity contribution >= 4 is 23.3 Å². The van der Waals surface area contributed by atoms with Crippen LogP contribution in [-0.2, 0) is 17.6 Å². The average molecular weight is 386 g/mol. The first kappa shape index (κ1) is 19.6. The molecule has 3 rings (SSSR count). The molecule has 2 aromatic rings. The van der Waals surface area contributed by atoms with Crippen molar-refractivity contribution in [1.82, 2.24) is 15.5 Å². The third-order valence-electron chi connectivity index (χ3n) is 4.93. The third-order valence-corrected chi connectivity index (χ3v) is 5.87. The van der Waals surface area contributed by atoms with Gasteiger partial charge >= 0.3 is 6.03 Å². The predicted octanol–water partition coefficient (Wildman–Crippen LogP) is 3.07. The van der Waals surface area contributed by atoms with Crippen LogP contribution in [-0.4, -0.2) is 43.0 Å². The van der Waals surface area contributed by atoms with Crippen molar-refractivity contribution in [2.45, 2.75) is 25.7 Å². The molecule has 27 heavy (non-hydrogen) atoms. The quantitative estimate of drug-likeness (QED) is 0.770. The topological polar surface area (TPSA) is 61.4 Å². The molecule has 0 saturated carbocycles. The van der Waals surface area contributed by atoms with Gasteiger partial charge in [0.1, 0.15) is 0 Å². The highest BCUT2D eigenvalue weighted by molar-refractivity contribution is 7.09. The van der Waals surface area contributed by atoms with Crippen LogP contribution in [0.4, 0.5) is 4.79 Å². The van der Waals surface area contributed by atoms with Gasteiger partial charge in [-0.3, -0.25) is 15.0 Å². The van der Waals surface area contributed by atoms with Gasteiger partial charge < -0.3 is 5.32 Å². The monoisotopic (exact) mass is 385 g/mol. The first-order valence-corrected chi connectivity index (χ1v) is 10.4. The van der Waals surface area contributed by atoms with Gasteiger partial charge in [-0.25, -0.2) is 4.79 Å². The number of amides is 3. The summed E-state index contributed by atoms with van der Waals surface area (Å²) in [6, 6.07) is 14.2. The van der Waals surface area contributed by atoms with Crippen molar-refractivity contribution in [3.05, 3.63) is 58.3 Å². The number of piperidine rings is 1. The number of thiophene rings is 1. The molecule has 1 aliphatic heterocycles. The van der Waals surface area contributed by atoms with E-state index in [0.29, 0.717) is 12.5 Å². The summed E-state index contributed by atoms with van der Waals surface area (Å²) in [7, 11) is 0. The first-order chi connectivity index (χ1) is 13.2. The van der Waals surface area contributed by atoms with Gasteiger partial charge in [0, 0.05) is 11.4 Å². The number of nitrogens with zero attached hydrogens (tertiary/aromatic N) is 1. The minimum atomic E-state index is -0.407. The lowest BCUT2D eigenvalue weighted by Gasteiger charge is -2.31. The molecular formula is C21H27N3O2S. The van der Waals surface area contributed by atoms with E-state index < -0.39 is 6.03 Å². The molecule has 0 radical (unpaired) electrons. The summed E-state index contributed by atoms with van der Waals surface area (Å²) in [5.74, 6) is 0.442. The van der Waals surface area contributed by atoms with E-state index >= 15 is 0 Å². The van der Waals surface area contributed by atoms with Gasteiger partial charge in [0.05, 0.1) is 6.54 Å². The lowest BCUT2D eigenvalue weighted by atomic mass is 9.90. The van der Waals surface area contributed by atoms with Crippen LogP contribution in [0.25, 0.3) is 0 Å². The largest absolute Gasteiger partial charge is 0.337 e. The van der Waals surface area contributed by atoms with E-state index in [2.05, 4.69) is 39.8 Å². The molecule has 0 spiro atoms. The molecule has 1 fully saturated rings. The van der Waals surface area contributed by atoms with Gasteiger partial charge in [0.15, 0.2) is 0 Å². The standard InChI is InChI=1S/C21H27N3O2S/c25-20(23-21(26)22-11-8-19-7-4-14-27-19)16-24-12-9-18(10-13-24)15-17-5-2-1-3-6-17/h1-7,14,18H,8-13,15-16H2,(H2,22,23,25,26). The van der Waals surface area contributed by atoms with Gasteiger partial charge in [0.2, 0.25) is 5.91 Å². The zero-order valence-electron chi connectivity index (χ0n) is 15.5. The van der Waals surface area contributed by atoms with Gasteiger partial charge in [-0.1, -0.05) is 36.4 Å². The van der Waals surface area contributed by atoms with E-state index in [1.165, 1.54) is 10.4 Å². The number of benzene rings is 1. The zero-order valence-corrected chi connectivity index (χ0v) is 16.3. The molecule has 3 amide bonds. The van der Waals surface area contributed by atoms with Crippen LogP contribution in [0.3, 0.4) is 0 Å². The summed E-state index contributed by atoms with van der Waals surface area (Å²) < 4.78 is 0. The summed E-state index contributed by atoms with van der Waals surface area (Å²) >= 11 is 1.67. The first-order valence-electron chi connectivity index (χ1n) is 9.55. The van der Waals surface area contributed by atoms with E-state index in [4.69, 9.17) is 0 Å². The van der Waals surface area contributed by atoms with E-state index in [9.17, 15) is 9.59 Å². The van der Waals surface area contributed by atoms with Crippen molar-refractivity contribution in [1.29, 1.82) is 0 Å². The fourth-order valence-corrected chi connectivity index (χ4v) is 4.17. The Bertz CT molecular complexity index is 710. The van der Waals surface area contributed by atoms with Crippen molar-refractivity contribution in [2.24, 2.45) is 5.92 Å². The maximum atomic E-state index is 12.1. The summed E-state index contributed by atoms with van der Waals surface area (Å²) in [5, 5.41) is 7.19. The minimum absolute atomic E-state index is 0.231. The molecule has 1 aromatic heterocycles. The second kappa shape index (κ2) is 10.2. The van der Waals surface area contributed by atoms with Crippen molar-refractivity contribution in [3.63, 3.8) is 0 Å². The van der Waals surface area contributed by atoms with E-state index in [-0.39, 0.29) is 12.5 Å². The highest BCUT2D eigenvalue weighted by atomic mass is 32.1. The minimum Gasteiger partial charge on any atom is -0.337 e. The van der Waals surface area contributed by atoms with E-state index in [1.807, 2.05) is 23.6 Å². The lowest BCUT2D eigenvalue weighted by Crippen LogP contribution is -2.46. The van der Waals surface area contributed by atoms with Crippen LogP contribution in [0, 0.1) is 5.92 Å². The number of carbonyl (C=O) groups is 2. The SMILES string of the molecule is O=C(CN1CCC(Cc2ccccc2)CC1)NC(=O)NCCc1cccs1. The summed E-state index contributed by atoms with van der Waals surface area (Å²) in [6.07, 6.45) is 4.08. The number of urea groups is 1. The maximum absolute atomic E-state index is 12.1. The third kappa shape index (κ3) is 6.81. The predicted molar refractivity (Wildman–Crippen MR) is 109 cm³/mol. The second-order valence-electron chi connectivity index (χ2n) is 7.04. The Balaban J connectivity index is 1.30. The molecule has 0 unspecified atom stereocenters. The Morgan fingerprint density at radius 3 is 2.56 bits per heavy atom. The van der Waals surface area contributed by atoms with Gasteiger partial charge in [0.25, 0.3) is 0 Å². The van der Waals surface area contributed by atoms with Crippen LogP contribution in [0.1, 0.15) is 23.3 Å². The number of carbonyl (C=O) groups excluding carboxylic acids is 2. The molecule has 0 aliphatic carbocycles. The highest BCUT2D eigenvalue weighted by Gasteiger charge is 2.21. The maximum Gasteiger partial charge on any atom is 0.321 e. The van der Waals surface area contributed by atoms with Crippen molar-refractivity contribution in [3.8, 4) is 0 Å². The fraction of sp³-hybridized carbons (Fsp3) is 0.429. The van der Waals surface area contributed by atoms with Crippen LogP contribution in [0.5, 0.6) is 0 Å². The van der Waals surface area contributed by atoms with Crippen LogP contribution < -0.4 is 10.6 Å². The smallest absolute Gasteiger partial charge is 0.321 e. The number of hydrogen-bond donors (Lipinski definition) is 2. The molecule has 144 valence electrons. The Morgan fingerprint density at radius 2 is 1.85 bits per heavy atom. The Kier molecular flexibility index (Phi) is 7.42. The number of rotatable bonds is 7. The molecule has 2 heterocycles. The number of likely N-dealkylation sites (tertiary alicyclic amines) is 1. The van der Waals surface area contributed by atoms with Crippen LogP contribution in [0.15, 0.2) is 47.8 Å². The number of nitrogens with one attached hydrogen (secondary N) is 2. The molecular weight excluding hydrogens is 358 g/mol. The van der Waals surface area contributed by atoms with E-state index in [0.717, 1.165) is 38.8 Å². The molecule has 5 nitrogen and oxygen atoms in total. The van der Waals surface area contributed by atoms with E-state index in [1.54, 1.807) is 11.3 Å². The summed E-state index contributed by atoms with van der Waals surface area (Å²) in [6.45, 7) is 2.64. The zero-order chi connectivity index (χ0) is 18.9. The number of imide groups is 1. The molecule has 6 heteroatoms. The lowest BCUT2D eigenvalue weighted by molar-refractivity contribution is -0.121.